The van der Waals surface area contributed by atoms with E-state index in [0.717, 1.165) is 0 Å². The van der Waals surface area contributed by atoms with E-state index in [1.807, 2.05) is 13.8 Å². The Morgan fingerprint density at radius 2 is 1.97 bits per heavy atom. The highest BCUT2D eigenvalue weighted by atomic mass is 16.3. The number of nitrogens with one attached hydrogen (secondary N) is 2. The maximum Gasteiger partial charge on any atom is 0.260 e. The number of rotatable bonds is 5. The van der Waals surface area contributed by atoms with Crippen molar-refractivity contribution < 1.29 is 9.90 Å². The Bertz CT molecular complexity index is 1310. The number of aromatic nitrogens is 5. The van der Waals surface area contributed by atoms with Gasteiger partial charge in [0, 0.05) is 29.9 Å². The molecule has 0 unspecified atom stereocenters. The normalized spacial score (nSPS) is 10.8. The zero-order valence-electron chi connectivity index (χ0n) is 16.7. The van der Waals surface area contributed by atoms with Crippen molar-refractivity contribution in [2.75, 3.05) is 10.6 Å². The van der Waals surface area contributed by atoms with E-state index >= 15 is 0 Å². The number of carbonyl (C=O) groups is 1. The molecule has 4 heterocycles. The molecule has 0 aliphatic heterocycles. The topological polar surface area (TPSA) is 142 Å². The SMILES string of the molecule is CC(C)Nc1cc(-n2ncc3cc(C#N)cnc32)ncc1C(=O)Nc1ccc(O)cn1. The molecule has 0 atom stereocenters. The maximum absolute atomic E-state index is 12.8. The van der Waals surface area contributed by atoms with E-state index in [1.165, 1.54) is 30.7 Å². The Morgan fingerprint density at radius 1 is 1.13 bits per heavy atom. The van der Waals surface area contributed by atoms with Crippen LogP contribution in [-0.4, -0.2) is 41.8 Å². The lowest BCUT2D eigenvalue weighted by Gasteiger charge is -2.15. The molecule has 0 radical (unpaired) electrons. The fraction of sp³-hybridized carbons (Fsp3) is 0.143. The lowest BCUT2D eigenvalue weighted by Crippen LogP contribution is -2.19. The lowest BCUT2D eigenvalue weighted by atomic mass is 10.2. The summed E-state index contributed by atoms with van der Waals surface area (Å²) in [5.41, 5.74) is 1.88. The van der Waals surface area contributed by atoms with E-state index in [1.54, 1.807) is 23.0 Å². The third-order valence-electron chi connectivity index (χ3n) is 4.32. The molecule has 0 aliphatic rings. The summed E-state index contributed by atoms with van der Waals surface area (Å²) < 4.78 is 1.55. The average molecular weight is 414 g/mol. The first-order valence-corrected chi connectivity index (χ1v) is 9.42. The Kier molecular flexibility index (Phi) is 5.15. The summed E-state index contributed by atoms with van der Waals surface area (Å²) in [7, 11) is 0. The van der Waals surface area contributed by atoms with Crippen LogP contribution in [0.15, 0.2) is 49.1 Å². The predicted molar refractivity (Wildman–Crippen MR) is 114 cm³/mol. The quantitative estimate of drug-likeness (QED) is 0.452. The second-order valence-electron chi connectivity index (χ2n) is 7.05. The standard InChI is InChI=1S/C21H18N8O2/c1-12(2)27-17-6-19(29-20-14(9-26-29)5-13(7-22)8-25-20)24-11-16(17)21(31)28-18-4-3-15(30)10-23-18/h3-6,8-12,30H,1-2H3,(H,24,27)(H,23,28,31). The second kappa shape index (κ2) is 8.08. The molecule has 0 saturated heterocycles. The van der Waals surface area contributed by atoms with Crippen molar-refractivity contribution in [3.05, 3.63) is 60.2 Å². The number of nitriles is 1. The molecule has 4 aromatic rings. The van der Waals surface area contributed by atoms with Crippen molar-refractivity contribution in [2.45, 2.75) is 19.9 Å². The highest BCUT2D eigenvalue weighted by Gasteiger charge is 2.17. The first-order chi connectivity index (χ1) is 14.9. The molecule has 1 amide bonds. The molecule has 0 aliphatic carbocycles. The van der Waals surface area contributed by atoms with Crippen LogP contribution >= 0.6 is 0 Å². The lowest BCUT2D eigenvalue weighted by molar-refractivity contribution is 0.102. The summed E-state index contributed by atoms with van der Waals surface area (Å²) in [5, 5.41) is 29.4. The molecule has 10 nitrogen and oxygen atoms in total. The molecule has 31 heavy (non-hydrogen) atoms. The van der Waals surface area contributed by atoms with E-state index in [-0.39, 0.29) is 11.8 Å². The number of carbonyl (C=O) groups excluding carboxylic acids is 1. The Balaban J connectivity index is 1.71. The van der Waals surface area contributed by atoms with Gasteiger partial charge >= 0.3 is 0 Å². The van der Waals surface area contributed by atoms with Gasteiger partial charge in [0.1, 0.15) is 17.6 Å². The Morgan fingerprint density at radius 3 is 2.68 bits per heavy atom. The molecule has 3 N–H and O–H groups in total. The van der Waals surface area contributed by atoms with E-state index < -0.39 is 5.91 Å². The fourth-order valence-corrected chi connectivity index (χ4v) is 2.97. The van der Waals surface area contributed by atoms with Crippen LogP contribution in [0.3, 0.4) is 0 Å². The molecule has 0 aromatic carbocycles. The molecule has 0 bridgehead atoms. The predicted octanol–water partition coefficient (Wildman–Crippen LogP) is 2.86. The van der Waals surface area contributed by atoms with Gasteiger partial charge in [-0.2, -0.15) is 15.0 Å². The maximum atomic E-state index is 12.8. The van der Waals surface area contributed by atoms with E-state index in [2.05, 4.69) is 36.8 Å². The minimum atomic E-state index is -0.400. The van der Waals surface area contributed by atoms with Crippen LogP contribution in [0.4, 0.5) is 11.5 Å². The van der Waals surface area contributed by atoms with Gasteiger partial charge in [-0.05, 0) is 32.0 Å². The van der Waals surface area contributed by atoms with Crippen molar-refractivity contribution in [2.24, 2.45) is 0 Å². The van der Waals surface area contributed by atoms with Crippen LogP contribution in [0.2, 0.25) is 0 Å². The minimum absolute atomic E-state index is 0.00753. The highest BCUT2D eigenvalue weighted by Crippen LogP contribution is 2.23. The van der Waals surface area contributed by atoms with Crippen LogP contribution in [0.5, 0.6) is 5.75 Å². The summed E-state index contributed by atoms with van der Waals surface area (Å²) in [5.74, 6) is 0.378. The number of aromatic hydroxyl groups is 1. The van der Waals surface area contributed by atoms with Crippen molar-refractivity contribution in [3.63, 3.8) is 0 Å². The first kappa shape index (κ1) is 19.8. The van der Waals surface area contributed by atoms with Gasteiger partial charge in [-0.25, -0.2) is 15.0 Å². The largest absolute Gasteiger partial charge is 0.506 e. The second-order valence-corrected chi connectivity index (χ2v) is 7.05. The Hall–Kier alpha value is -4.52. The van der Waals surface area contributed by atoms with Gasteiger partial charge in [-0.15, -0.1) is 0 Å². The smallest absolute Gasteiger partial charge is 0.260 e. The minimum Gasteiger partial charge on any atom is -0.506 e. The fourth-order valence-electron chi connectivity index (χ4n) is 2.97. The van der Waals surface area contributed by atoms with Gasteiger partial charge in [-0.3, -0.25) is 4.79 Å². The number of pyridine rings is 3. The number of hydrogen-bond donors (Lipinski definition) is 3. The number of nitrogens with zero attached hydrogens (tertiary/aromatic N) is 6. The molecule has 4 rings (SSSR count). The van der Waals surface area contributed by atoms with Crippen LogP contribution in [0.25, 0.3) is 16.9 Å². The van der Waals surface area contributed by atoms with Gasteiger partial charge < -0.3 is 15.7 Å². The molecule has 0 fully saturated rings. The molecule has 154 valence electrons. The molecule has 0 saturated carbocycles. The van der Waals surface area contributed by atoms with Gasteiger partial charge in [0.25, 0.3) is 5.91 Å². The van der Waals surface area contributed by atoms with E-state index in [0.29, 0.717) is 39.5 Å². The summed E-state index contributed by atoms with van der Waals surface area (Å²) in [6.07, 6.45) is 5.78. The number of amides is 1. The van der Waals surface area contributed by atoms with Gasteiger partial charge in [0.15, 0.2) is 11.5 Å². The van der Waals surface area contributed by atoms with Crippen molar-refractivity contribution in [3.8, 4) is 17.6 Å². The van der Waals surface area contributed by atoms with Crippen LogP contribution in [-0.2, 0) is 0 Å². The van der Waals surface area contributed by atoms with Crippen LogP contribution in [0.1, 0.15) is 29.8 Å². The zero-order valence-corrected chi connectivity index (χ0v) is 16.7. The summed E-state index contributed by atoms with van der Waals surface area (Å²) in [4.78, 5) is 25.5. The number of anilines is 2. The van der Waals surface area contributed by atoms with Crippen molar-refractivity contribution >= 4 is 28.4 Å². The number of hydrogen-bond acceptors (Lipinski definition) is 8. The number of fused-ring (bicyclic) bond motifs is 1. The van der Waals surface area contributed by atoms with E-state index in [9.17, 15) is 9.90 Å². The molecule has 4 aromatic heterocycles. The third-order valence-corrected chi connectivity index (χ3v) is 4.32. The third kappa shape index (κ3) is 4.11. The van der Waals surface area contributed by atoms with Gasteiger partial charge in [0.2, 0.25) is 0 Å². The highest BCUT2D eigenvalue weighted by molar-refractivity contribution is 6.07. The van der Waals surface area contributed by atoms with Crippen molar-refractivity contribution in [1.29, 1.82) is 5.26 Å². The van der Waals surface area contributed by atoms with Gasteiger partial charge in [-0.1, -0.05) is 0 Å². The molecule has 10 heteroatoms. The first-order valence-electron chi connectivity index (χ1n) is 9.42. The molecular formula is C21H18N8O2. The summed E-state index contributed by atoms with van der Waals surface area (Å²) in [6.45, 7) is 3.91. The Labute approximate surface area is 177 Å². The summed E-state index contributed by atoms with van der Waals surface area (Å²) >= 11 is 0. The summed E-state index contributed by atoms with van der Waals surface area (Å²) in [6, 6.07) is 8.46. The monoisotopic (exact) mass is 414 g/mol. The molecule has 0 spiro atoms. The van der Waals surface area contributed by atoms with Gasteiger partial charge in [0.05, 0.1) is 29.2 Å². The van der Waals surface area contributed by atoms with Crippen molar-refractivity contribution in [1.82, 2.24) is 24.7 Å². The average Bonchev–Trinajstić information content (AvgIpc) is 3.18. The van der Waals surface area contributed by atoms with E-state index in [4.69, 9.17) is 5.26 Å². The zero-order chi connectivity index (χ0) is 22.0. The molecular weight excluding hydrogens is 396 g/mol. The van der Waals surface area contributed by atoms with Crippen LogP contribution < -0.4 is 10.6 Å². The van der Waals surface area contributed by atoms with Crippen LogP contribution in [0, 0.1) is 11.3 Å².